The van der Waals surface area contributed by atoms with Gasteiger partial charge in [0, 0.05) is 0 Å². The number of aliphatic carboxylic acids is 1. The van der Waals surface area contributed by atoms with E-state index in [9.17, 15) is 9.90 Å². The van der Waals surface area contributed by atoms with Crippen LogP contribution in [0.5, 0.6) is 0 Å². The van der Waals surface area contributed by atoms with Crippen LogP contribution < -0.4 is 5.11 Å². The summed E-state index contributed by atoms with van der Waals surface area (Å²) < 4.78 is 0. The summed E-state index contributed by atoms with van der Waals surface area (Å²) in [5, 5.41) is 9.49. The first-order chi connectivity index (χ1) is 2.64. The molecule has 0 aromatic carbocycles. The van der Waals surface area contributed by atoms with Gasteiger partial charge >= 0.3 is 17.4 Å². The Labute approximate surface area is 58.5 Å². The van der Waals surface area contributed by atoms with Crippen molar-refractivity contribution in [3.8, 4) is 0 Å². The zero-order valence-electron chi connectivity index (χ0n) is 4.38. The zero-order chi connectivity index (χ0) is 5.15. The van der Waals surface area contributed by atoms with Crippen LogP contribution in [0.2, 0.25) is 0 Å². The van der Waals surface area contributed by atoms with Crippen LogP contribution in [0.25, 0.3) is 0 Å². The van der Waals surface area contributed by atoms with Crippen molar-refractivity contribution < 1.29 is 32.7 Å². The maximum atomic E-state index is 9.49. The summed E-state index contributed by atoms with van der Waals surface area (Å²) in [6.45, 7) is 4.48. The topological polar surface area (TPSA) is 70.1 Å². The molecule has 0 rings (SSSR count). The Morgan fingerprint density at radius 2 is 1.75 bits per heavy atom. The first-order valence-electron chi connectivity index (χ1n) is 1.51. The van der Waals surface area contributed by atoms with Crippen molar-refractivity contribution in [2.24, 2.45) is 0 Å². The number of hydrogen-bond acceptors (Lipinski definition) is 3. The smallest absolute Gasteiger partial charge is 0.870 e. The fraction of sp³-hybridized carbons (Fsp3) is 0.250. The minimum Gasteiger partial charge on any atom is -0.870 e. The first kappa shape index (κ1) is 15.6. The molecule has 0 aliphatic heterocycles. The molecule has 0 fully saturated rings. The number of hydrogen-bond donors (Lipinski definition) is 0. The number of carboxylic acids is 1. The van der Waals surface area contributed by atoms with Crippen LogP contribution in [0.4, 0.5) is 0 Å². The summed E-state index contributed by atoms with van der Waals surface area (Å²) in [7, 11) is 0. The average molecular weight is 154 g/mol. The maximum Gasteiger partial charge on any atom is 2.00 e. The summed E-state index contributed by atoms with van der Waals surface area (Å²) in [4.78, 5) is 9.49. The van der Waals surface area contributed by atoms with Crippen LogP contribution in [0.3, 0.4) is 0 Å². The van der Waals surface area contributed by atoms with Gasteiger partial charge in [0.1, 0.15) is 0 Å². The van der Waals surface area contributed by atoms with Gasteiger partial charge in [-0.3, -0.25) is 0 Å². The standard InChI is InChI=1S/C4H6O2.Cr.H2O/c1-3(2)4(5)6;;/h1H2,2H3,(H,5,6);;1H2/q;+2;/p-2. The predicted octanol–water partition coefficient (Wildman–Crippen LogP) is -0.867. The fourth-order valence-electron chi connectivity index (χ4n) is 0. The van der Waals surface area contributed by atoms with Crippen molar-refractivity contribution >= 4 is 5.97 Å². The minimum atomic E-state index is -1.19. The van der Waals surface area contributed by atoms with Crippen LogP contribution in [-0.2, 0) is 22.2 Å². The third kappa shape index (κ3) is 9.20. The molecule has 0 aliphatic rings. The van der Waals surface area contributed by atoms with E-state index in [1.165, 1.54) is 6.92 Å². The van der Waals surface area contributed by atoms with Gasteiger partial charge in [0.2, 0.25) is 0 Å². The molecule has 0 atom stereocenters. The molecule has 8 heavy (non-hydrogen) atoms. The van der Waals surface area contributed by atoms with Crippen molar-refractivity contribution in [1.29, 1.82) is 0 Å². The van der Waals surface area contributed by atoms with Gasteiger partial charge in [0.05, 0.1) is 5.97 Å². The van der Waals surface area contributed by atoms with Crippen LogP contribution in [0, 0.1) is 0 Å². The van der Waals surface area contributed by atoms with Gasteiger partial charge < -0.3 is 15.4 Å². The van der Waals surface area contributed by atoms with Crippen molar-refractivity contribution in [3.05, 3.63) is 12.2 Å². The Bertz CT molecular complexity index is 77.3. The molecule has 0 heterocycles. The molecule has 0 bridgehead atoms. The molecule has 0 aromatic rings. The van der Waals surface area contributed by atoms with Gasteiger partial charge in [-0.2, -0.15) is 0 Å². The normalized spacial score (nSPS) is 5.62. The van der Waals surface area contributed by atoms with Crippen molar-refractivity contribution in [2.75, 3.05) is 0 Å². The first-order valence-corrected chi connectivity index (χ1v) is 1.51. The molecule has 0 saturated carbocycles. The predicted molar refractivity (Wildman–Crippen MR) is 21.8 cm³/mol. The molecule has 0 unspecified atom stereocenters. The van der Waals surface area contributed by atoms with Crippen LogP contribution in [-0.4, -0.2) is 11.4 Å². The molecular formula is C4H6CrO3. The second-order valence-corrected chi connectivity index (χ2v) is 1.07. The van der Waals surface area contributed by atoms with Crippen LogP contribution in [0.15, 0.2) is 12.2 Å². The third-order valence-electron chi connectivity index (χ3n) is 0.348. The molecular weight excluding hydrogens is 148 g/mol. The molecule has 46 valence electrons. The molecule has 4 heteroatoms. The zero-order valence-corrected chi connectivity index (χ0v) is 5.65. The molecule has 3 nitrogen and oxygen atoms in total. The third-order valence-corrected chi connectivity index (χ3v) is 0.348. The van der Waals surface area contributed by atoms with Crippen molar-refractivity contribution in [2.45, 2.75) is 6.92 Å². The van der Waals surface area contributed by atoms with E-state index in [0.717, 1.165) is 0 Å². The molecule has 0 aliphatic carbocycles. The second-order valence-electron chi connectivity index (χ2n) is 1.07. The Balaban J connectivity index is -0.000000125. The van der Waals surface area contributed by atoms with Gasteiger partial charge in [-0.1, -0.05) is 6.58 Å². The van der Waals surface area contributed by atoms with E-state index in [1.54, 1.807) is 0 Å². The second kappa shape index (κ2) is 6.70. The van der Waals surface area contributed by atoms with E-state index in [1.807, 2.05) is 0 Å². The Morgan fingerprint density at radius 1 is 1.62 bits per heavy atom. The molecule has 0 saturated heterocycles. The van der Waals surface area contributed by atoms with Gasteiger partial charge in [0.25, 0.3) is 0 Å². The van der Waals surface area contributed by atoms with Gasteiger partial charge in [-0.15, -0.1) is 0 Å². The summed E-state index contributed by atoms with van der Waals surface area (Å²) in [5.74, 6) is -1.19. The summed E-state index contributed by atoms with van der Waals surface area (Å²) >= 11 is 0. The Morgan fingerprint density at radius 3 is 1.75 bits per heavy atom. The van der Waals surface area contributed by atoms with Gasteiger partial charge in [-0.25, -0.2) is 0 Å². The van der Waals surface area contributed by atoms with Crippen molar-refractivity contribution in [3.63, 3.8) is 0 Å². The number of carbonyl (C=O) groups excluding carboxylic acids is 1. The molecule has 0 amide bonds. The minimum absolute atomic E-state index is 0. The Kier molecular flexibility index (Phi) is 13.1. The molecule has 0 spiro atoms. The summed E-state index contributed by atoms with van der Waals surface area (Å²) in [5.41, 5.74) is 0.0648. The van der Waals surface area contributed by atoms with E-state index in [0.29, 0.717) is 0 Å². The SMILES string of the molecule is C=C(C)C(=O)[O-].[Cr+2].[OH-]. The molecule has 0 aromatic heterocycles. The fourth-order valence-corrected chi connectivity index (χ4v) is 0. The monoisotopic (exact) mass is 154 g/mol. The number of carboxylic acid groups (broad SMARTS) is 1. The number of carbonyl (C=O) groups is 1. The van der Waals surface area contributed by atoms with E-state index in [2.05, 4.69) is 6.58 Å². The maximum absolute atomic E-state index is 9.49. The van der Waals surface area contributed by atoms with E-state index in [4.69, 9.17) is 0 Å². The quantitative estimate of drug-likeness (QED) is 0.461. The van der Waals surface area contributed by atoms with E-state index in [-0.39, 0.29) is 28.4 Å². The van der Waals surface area contributed by atoms with E-state index < -0.39 is 5.97 Å². The summed E-state index contributed by atoms with van der Waals surface area (Å²) in [6, 6.07) is 0. The van der Waals surface area contributed by atoms with Gasteiger partial charge in [-0.05, 0) is 12.5 Å². The van der Waals surface area contributed by atoms with Crippen LogP contribution >= 0.6 is 0 Å². The number of rotatable bonds is 1. The van der Waals surface area contributed by atoms with Crippen molar-refractivity contribution in [1.82, 2.24) is 0 Å². The van der Waals surface area contributed by atoms with E-state index >= 15 is 0 Å². The summed E-state index contributed by atoms with van der Waals surface area (Å²) in [6.07, 6.45) is 0. The van der Waals surface area contributed by atoms with Crippen LogP contribution in [0.1, 0.15) is 6.92 Å². The molecule has 0 radical (unpaired) electrons. The average Bonchev–Trinajstić information content (AvgIpc) is 1.36. The largest absolute Gasteiger partial charge is 2.00 e. The van der Waals surface area contributed by atoms with Gasteiger partial charge in [0.15, 0.2) is 0 Å². The molecule has 1 N–H and O–H groups in total. The Hall–Kier alpha value is -0.298.